The summed E-state index contributed by atoms with van der Waals surface area (Å²) in [4.78, 5) is 12.2. The molecule has 23 heavy (non-hydrogen) atoms. The zero-order valence-corrected chi connectivity index (χ0v) is 14.3. The van der Waals surface area contributed by atoms with Gasteiger partial charge in [0.15, 0.2) is 0 Å². The molecule has 0 spiro atoms. The maximum absolute atomic E-state index is 12.2. The van der Waals surface area contributed by atoms with Crippen LogP contribution >= 0.6 is 0 Å². The number of nitrogens with one attached hydrogen (secondary N) is 1. The standard InChI is InChI=1S/C16H25N3O3S/c1-2-23(21,22)19-10-8-14(9-11-19)16(20)18-12-15(17)13-6-4-3-5-7-13/h3-7,14-15H,2,8-12,17H2,1H3,(H,18,20). The third-order valence-corrected chi connectivity index (χ3v) is 6.19. The lowest BCUT2D eigenvalue weighted by molar-refractivity contribution is -0.126. The van der Waals surface area contributed by atoms with Gasteiger partial charge in [-0.2, -0.15) is 0 Å². The van der Waals surface area contributed by atoms with Crippen molar-refractivity contribution in [3.8, 4) is 0 Å². The molecular weight excluding hydrogens is 314 g/mol. The molecule has 1 aromatic carbocycles. The van der Waals surface area contributed by atoms with Gasteiger partial charge in [-0.25, -0.2) is 12.7 Å². The van der Waals surface area contributed by atoms with Crippen LogP contribution in [0.15, 0.2) is 30.3 Å². The summed E-state index contributed by atoms with van der Waals surface area (Å²) in [5.41, 5.74) is 7.05. The Hall–Kier alpha value is -1.44. The summed E-state index contributed by atoms with van der Waals surface area (Å²) < 4.78 is 25.1. The molecule has 0 aromatic heterocycles. The van der Waals surface area contributed by atoms with Crippen LogP contribution in [0.4, 0.5) is 0 Å². The smallest absolute Gasteiger partial charge is 0.223 e. The molecule has 0 aliphatic carbocycles. The van der Waals surface area contributed by atoms with E-state index in [1.807, 2.05) is 30.3 Å². The van der Waals surface area contributed by atoms with Crippen molar-refractivity contribution in [1.82, 2.24) is 9.62 Å². The van der Waals surface area contributed by atoms with Crippen LogP contribution in [0.1, 0.15) is 31.4 Å². The SMILES string of the molecule is CCS(=O)(=O)N1CCC(C(=O)NCC(N)c2ccccc2)CC1. The molecule has 6 nitrogen and oxygen atoms in total. The monoisotopic (exact) mass is 339 g/mol. The van der Waals surface area contributed by atoms with E-state index in [1.165, 1.54) is 4.31 Å². The molecule has 2 rings (SSSR count). The zero-order valence-electron chi connectivity index (χ0n) is 13.4. The number of hydrogen-bond acceptors (Lipinski definition) is 4. The van der Waals surface area contributed by atoms with Gasteiger partial charge in [-0.05, 0) is 25.3 Å². The van der Waals surface area contributed by atoms with Crippen LogP contribution in [-0.4, -0.2) is 44.0 Å². The number of piperidine rings is 1. The number of hydrogen-bond donors (Lipinski definition) is 2. The lowest BCUT2D eigenvalue weighted by Gasteiger charge is -2.30. The first-order chi connectivity index (χ1) is 10.9. The van der Waals surface area contributed by atoms with E-state index in [0.717, 1.165) is 5.56 Å². The first-order valence-corrected chi connectivity index (χ1v) is 9.61. The maximum atomic E-state index is 12.2. The number of carbonyl (C=O) groups is 1. The van der Waals surface area contributed by atoms with Crippen molar-refractivity contribution in [2.45, 2.75) is 25.8 Å². The highest BCUT2D eigenvalue weighted by atomic mass is 32.2. The molecule has 0 radical (unpaired) electrons. The fourth-order valence-corrected chi connectivity index (χ4v) is 3.88. The Bertz CT molecular complexity index is 611. The second kappa shape index (κ2) is 7.90. The van der Waals surface area contributed by atoms with Crippen molar-refractivity contribution in [2.24, 2.45) is 11.7 Å². The molecule has 1 unspecified atom stereocenters. The Balaban J connectivity index is 1.79. The molecule has 1 aliphatic heterocycles. The summed E-state index contributed by atoms with van der Waals surface area (Å²) in [7, 11) is -3.15. The van der Waals surface area contributed by atoms with Gasteiger partial charge in [0.05, 0.1) is 5.75 Å². The van der Waals surface area contributed by atoms with Crippen LogP contribution in [0.25, 0.3) is 0 Å². The van der Waals surface area contributed by atoms with Crippen LogP contribution in [0.5, 0.6) is 0 Å². The molecule has 3 N–H and O–H groups in total. The fraction of sp³-hybridized carbons (Fsp3) is 0.562. The number of nitrogens with zero attached hydrogens (tertiary/aromatic N) is 1. The molecule has 1 aromatic rings. The van der Waals surface area contributed by atoms with Crippen LogP contribution in [0.3, 0.4) is 0 Å². The summed E-state index contributed by atoms with van der Waals surface area (Å²) in [5.74, 6) is -0.0679. The van der Waals surface area contributed by atoms with Gasteiger partial charge < -0.3 is 11.1 Å². The highest BCUT2D eigenvalue weighted by Gasteiger charge is 2.30. The highest BCUT2D eigenvalue weighted by Crippen LogP contribution is 2.20. The molecule has 0 saturated carbocycles. The van der Waals surface area contributed by atoms with Gasteiger partial charge in [-0.3, -0.25) is 4.79 Å². The van der Waals surface area contributed by atoms with Gasteiger partial charge in [0.25, 0.3) is 0 Å². The van der Waals surface area contributed by atoms with Crippen LogP contribution in [-0.2, 0) is 14.8 Å². The number of benzene rings is 1. The second-order valence-electron chi connectivity index (χ2n) is 5.84. The summed E-state index contributed by atoms with van der Waals surface area (Å²) in [6.45, 7) is 2.85. The van der Waals surface area contributed by atoms with E-state index in [0.29, 0.717) is 32.5 Å². The van der Waals surface area contributed by atoms with E-state index < -0.39 is 10.0 Å². The van der Waals surface area contributed by atoms with E-state index in [1.54, 1.807) is 6.92 Å². The minimum absolute atomic E-state index is 0.0371. The van der Waals surface area contributed by atoms with Crippen LogP contribution < -0.4 is 11.1 Å². The average molecular weight is 339 g/mol. The van der Waals surface area contributed by atoms with E-state index >= 15 is 0 Å². The first kappa shape index (κ1) is 17.9. The van der Waals surface area contributed by atoms with E-state index in [9.17, 15) is 13.2 Å². The highest BCUT2D eigenvalue weighted by molar-refractivity contribution is 7.89. The third-order valence-electron chi connectivity index (χ3n) is 4.31. The second-order valence-corrected chi connectivity index (χ2v) is 8.09. The summed E-state index contributed by atoms with van der Waals surface area (Å²) in [6.07, 6.45) is 1.12. The molecule has 1 heterocycles. The van der Waals surface area contributed by atoms with Crippen molar-refractivity contribution in [2.75, 3.05) is 25.4 Å². The van der Waals surface area contributed by atoms with Gasteiger partial charge >= 0.3 is 0 Å². The van der Waals surface area contributed by atoms with Crippen molar-refractivity contribution >= 4 is 15.9 Å². The molecule has 1 aliphatic rings. The molecule has 128 valence electrons. The zero-order chi connectivity index (χ0) is 16.9. The Morgan fingerprint density at radius 2 is 1.91 bits per heavy atom. The topological polar surface area (TPSA) is 92.5 Å². The maximum Gasteiger partial charge on any atom is 0.223 e. The Morgan fingerprint density at radius 3 is 2.48 bits per heavy atom. The lowest BCUT2D eigenvalue weighted by atomic mass is 9.97. The molecule has 7 heteroatoms. The molecular formula is C16H25N3O3S. The lowest BCUT2D eigenvalue weighted by Crippen LogP contribution is -2.44. The Morgan fingerprint density at radius 1 is 1.30 bits per heavy atom. The first-order valence-electron chi connectivity index (χ1n) is 8.00. The number of sulfonamides is 1. The Kier molecular flexibility index (Phi) is 6.15. The van der Waals surface area contributed by atoms with E-state index in [2.05, 4.69) is 5.32 Å². The van der Waals surface area contributed by atoms with Gasteiger partial charge in [-0.15, -0.1) is 0 Å². The van der Waals surface area contributed by atoms with E-state index in [4.69, 9.17) is 5.73 Å². The summed E-state index contributed by atoms with van der Waals surface area (Å²) in [5, 5.41) is 2.89. The minimum atomic E-state index is -3.15. The largest absolute Gasteiger partial charge is 0.354 e. The molecule has 1 atom stereocenters. The predicted molar refractivity (Wildman–Crippen MR) is 90.1 cm³/mol. The van der Waals surface area contributed by atoms with Crippen LogP contribution in [0.2, 0.25) is 0 Å². The van der Waals surface area contributed by atoms with Gasteiger partial charge in [-0.1, -0.05) is 30.3 Å². The van der Waals surface area contributed by atoms with Gasteiger partial charge in [0, 0.05) is 31.6 Å². The van der Waals surface area contributed by atoms with Crippen LogP contribution in [0, 0.1) is 5.92 Å². The quantitative estimate of drug-likeness (QED) is 0.804. The minimum Gasteiger partial charge on any atom is -0.354 e. The molecule has 0 bridgehead atoms. The van der Waals surface area contributed by atoms with E-state index in [-0.39, 0.29) is 23.6 Å². The predicted octanol–water partition coefficient (Wildman–Crippen LogP) is 0.864. The summed E-state index contributed by atoms with van der Waals surface area (Å²) in [6, 6.07) is 9.39. The average Bonchev–Trinajstić information content (AvgIpc) is 2.60. The summed E-state index contributed by atoms with van der Waals surface area (Å²) >= 11 is 0. The number of carbonyl (C=O) groups excluding carboxylic acids is 1. The number of rotatable bonds is 6. The van der Waals surface area contributed by atoms with Crippen molar-refractivity contribution in [3.05, 3.63) is 35.9 Å². The Labute approximate surface area is 138 Å². The van der Waals surface area contributed by atoms with Crippen molar-refractivity contribution < 1.29 is 13.2 Å². The van der Waals surface area contributed by atoms with Gasteiger partial charge in [0.1, 0.15) is 0 Å². The number of nitrogens with two attached hydrogens (primary N) is 1. The normalized spacial score (nSPS) is 18.5. The van der Waals surface area contributed by atoms with Gasteiger partial charge in [0.2, 0.25) is 15.9 Å². The number of amides is 1. The molecule has 1 saturated heterocycles. The van der Waals surface area contributed by atoms with Crippen molar-refractivity contribution in [1.29, 1.82) is 0 Å². The molecule has 1 fully saturated rings. The molecule has 1 amide bonds. The fourth-order valence-electron chi connectivity index (χ4n) is 2.75. The third kappa shape index (κ3) is 4.76. The van der Waals surface area contributed by atoms with Crippen molar-refractivity contribution in [3.63, 3.8) is 0 Å².